The lowest BCUT2D eigenvalue weighted by Crippen LogP contribution is -2.27. The molecule has 0 saturated heterocycles. The molecule has 1 rings (SSSR count). The molecule has 0 amide bonds. The summed E-state index contributed by atoms with van der Waals surface area (Å²) >= 11 is 0. The molecular weight excluding hydrogens is 276 g/mol. The zero-order valence-corrected chi connectivity index (χ0v) is 14.1. The molecule has 1 aromatic rings. The van der Waals surface area contributed by atoms with Crippen LogP contribution < -0.4 is 4.74 Å². The van der Waals surface area contributed by atoms with Crippen molar-refractivity contribution in [1.29, 1.82) is 0 Å². The molecule has 0 N–H and O–H groups in total. The molecule has 0 spiro atoms. The smallest absolute Gasteiger partial charge is 0.435 e. The van der Waals surface area contributed by atoms with E-state index in [-0.39, 0.29) is 0 Å². The molecular formula is C14H26N2O3S. The van der Waals surface area contributed by atoms with E-state index in [1.807, 2.05) is 20.8 Å². The van der Waals surface area contributed by atoms with Gasteiger partial charge in [-0.25, -0.2) is 14.8 Å². The first-order chi connectivity index (χ1) is 9.07. The lowest BCUT2D eigenvalue weighted by atomic mass is 10.2. The summed E-state index contributed by atoms with van der Waals surface area (Å²) < 4.78 is 11.9. The summed E-state index contributed by atoms with van der Waals surface area (Å²) in [6, 6.07) is 1.67. The van der Waals surface area contributed by atoms with E-state index in [0.29, 0.717) is 12.5 Å². The highest BCUT2D eigenvalue weighted by Crippen LogP contribution is 2.34. The fourth-order valence-corrected chi connectivity index (χ4v) is 2.45. The number of carbonyl (C=O) groups is 1. The molecule has 6 heteroatoms. The summed E-state index contributed by atoms with van der Waals surface area (Å²) in [4.78, 5) is 11.8. The van der Waals surface area contributed by atoms with E-state index in [1.165, 1.54) is 5.75 Å². The quantitative estimate of drug-likeness (QED) is 0.784. The van der Waals surface area contributed by atoms with Crippen LogP contribution in [-0.2, 0) is 4.74 Å². The number of rotatable bonds is 5. The van der Waals surface area contributed by atoms with Gasteiger partial charge in [-0.1, -0.05) is 0 Å². The SMILES string of the molecule is CC(C)(C)OC(=O)n1ccc(OCCCS(C)(C)C)n1. The van der Waals surface area contributed by atoms with Crippen LogP contribution in [0.1, 0.15) is 27.2 Å². The van der Waals surface area contributed by atoms with E-state index in [1.54, 1.807) is 12.3 Å². The molecule has 116 valence electrons. The summed E-state index contributed by atoms with van der Waals surface area (Å²) in [6.45, 7) is 6.08. The van der Waals surface area contributed by atoms with Crippen LogP contribution in [0.3, 0.4) is 0 Å². The third kappa shape index (κ3) is 6.84. The maximum Gasteiger partial charge on any atom is 0.435 e. The predicted octanol–water partition coefficient (Wildman–Crippen LogP) is 3.13. The molecule has 0 atom stereocenters. The standard InChI is InChI=1S/C14H26N2O3S/c1-14(2,3)19-13(17)16-9-8-12(15-16)18-10-7-11-20(4,5)6/h8-9H,7,10-11H2,1-6H3. The first-order valence-electron chi connectivity index (χ1n) is 6.65. The molecule has 0 fully saturated rings. The Kier molecular flexibility index (Phi) is 5.50. The number of aromatic nitrogens is 2. The third-order valence-corrected chi connectivity index (χ3v) is 3.81. The average molecular weight is 302 g/mol. The molecule has 0 aliphatic rings. The lowest BCUT2D eigenvalue weighted by Gasteiger charge is -2.24. The third-order valence-electron chi connectivity index (χ3n) is 2.30. The lowest BCUT2D eigenvalue weighted by molar-refractivity contribution is 0.0511. The first-order valence-corrected chi connectivity index (χ1v) is 9.67. The van der Waals surface area contributed by atoms with Crippen LogP contribution in [0.15, 0.2) is 12.3 Å². The zero-order chi connectivity index (χ0) is 15.4. The Morgan fingerprint density at radius 3 is 2.55 bits per heavy atom. The molecule has 0 aliphatic carbocycles. The Morgan fingerprint density at radius 1 is 1.35 bits per heavy atom. The van der Waals surface area contributed by atoms with Gasteiger partial charge in [-0.05, 0) is 51.7 Å². The van der Waals surface area contributed by atoms with Gasteiger partial charge >= 0.3 is 6.09 Å². The van der Waals surface area contributed by atoms with Gasteiger partial charge in [0.1, 0.15) is 5.60 Å². The van der Waals surface area contributed by atoms with E-state index in [9.17, 15) is 4.79 Å². The highest BCUT2D eigenvalue weighted by Gasteiger charge is 2.18. The zero-order valence-electron chi connectivity index (χ0n) is 13.3. The van der Waals surface area contributed by atoms with Crippen LogP contribution in [0.5, 0.6) is 5.88 Å². The second-order valence-electron chi connectivity index (χ2n) is 6.58. The van der Waals surface area contributed by atoms with Gasteiger partial charge in [0.15, 0.2) is 0 Å². The maximum absolute atomic E-state index is 11.8. The van der Waals surface area contributed by atoms with Crippen molar-refractivity contribution >= 4 is 16.1 Å². The van der Waals surface area contributed by atoms with Crippen molar-refractivity contribution in [3.63, 3.8) is 0 Å². The van der Waals surface area contributed by atoms with Crippen molar-refractivity contribution in [2.75, 3.05) is 31.1 Å². The number of hydrogen-bond acceptors (Lipinski definition) is 4. The summed E-state index contributed by atoms with van der Waals surface area (Å²) in [7, 11) is -0.487. The number of nitrogens with zero attached hydrogens (tertiary/aromatic N) is 2. The molecule has 0 unspecified atom stereocenters. The van der Waals surface area contributed by atoms with E-state index in [4.69, 9.17) is 9.47 Å². The summed E-state index contributed by atoms with van der Waals surface area (Å²) in [5, 5.41) is 4.06. The van der Waals surface area contributed by atoms with Gasteiger partial charge in [0.2, 0.25) is 5.88 Å². The van der Waals surface area contributed by atoms with Crippen LogP contribution in [-0.4, -0.2) is 52.6 Å². The highest BCUT2D eigenvalue weighted by atomic mass is 32.3. The van der Waals surface area contributed by atoms with E-state index in [0.717, 1.165) is 11.1 Å². The second kappa shape index (κ2) is 6.52. The summed E-state index contributed by atoms with van der Waals surface area (Å²) in [6.07, 6.45) is 8.90. The fourth-order valence-electron chi connectivity index (χ4n) is 1.46. The van der Waals surface area contributed by atoms with Crippen LogP contribution >= 0.6 is 10.0 Å². The molecule has 1 aromatic heterocycles. The molecule has 5 nitrogen and oxygen atoms in total. The first kappa shape index (κ1) is 16.9. The summed E-state index contributed by atoms with van der Waals surface area (Å²) in [5.74, 6) is 1.62. The van der Waals surface area contributed by atoms with Crippen molar-refractivity contribution in [3.05, 3.63) is 12.3 Å². The number of carbonyl (C=O) groups excluding carboxylic acids is 1. The Bertz CT molecular complexity index is 444. The van der Waals surface area contributed by atoms with Gasteiger partial charge in [-0.3, -0.25) is 0 Å². The van der Waals surface area contributed by atoms with Crippen molar-refractivity contribution in [3.8, 4) is 5.88 Å². The van der Waals surface area contributed by atoms with E-state index in [2.05, 4.69) is 23.9 Å². The molecule has 0 radical (unpaired) electrons. The van der Waals surface area contributed by atoms with Crippen LogP contribution in [0.25, 0.3) is 0 Å². The average Bonchev–Trinajstić information content (AvgIpc) is 2.69. The molecule has 0 aliphatic heterocycles. The summed E-state index contributed by atoms with van der Waals surface area (Å²) in [5.41, 5.74) is -0.528. The Morgan fingerprint density at radius 2 is 2.00 bits per heavy atom. The topological polar surface area (TPSA) is 53.4 Å². The number of hydrogen-bond donors (Lipinski definition) is 0. The largest absolute Gasteiger partial charge is 0.477 e. The minimum Gasteiger partial charge on any atom is -0.477 e. The fraction of sp³-hybridized carbons (Fsp3) is 0.714. The van der Waals surface area contributed by atoms with Crippen molar-refractivity contribution < 1.29 is 14.3 Å². The van der Waals surface area contributed by atoms with Gasteiger partial charge in [0.05, 0.1) is 6.61 Å². The molecule has 0 bridgehead atoms. The van der Waals surface area contributed by atoms with Gasteiger partial charge in [0.25, 0.3) is 0 Å². The van der Waals surface area contributed by atoms with Crippen molar-refractivity contribution in [1.82, 2.24) is 9.78 Å². The Labute approximate surface area is 123 Å². The number of ether oxygens (including phenoxy) is 2. The van der Waals surface area contributed by atoms with E-state index < -0.39 is 21.7 Å². The van der Waals surface area contributed by atoms with Crippen LogP contribution in [0.4, 0.5) is 4.79 Å². The van der Waals surface area contributed by atoms with E-state index >= 15 is 0 Å². The van der Waals surface area contributed by atoms with Gasteiger partial charge < -0.3 is 9.47 Å². The monoisotopic (exact) mass is 302 g/mol. The van der Waals surface area contributed by atoms with Gasteiger partial charge in [0, 0.05) is 12.3 Å². The maximum atomic E-state index is 11.8. The van der Waals surface area contributed by atoms with Crippen molar-refractivity contribution in [2.45, 2.75) is 32.8 Å². The van der Waals surface area contributed by atoms with Gasteiger partial charge in [-0.15, -0.1) is 5.10 Å². The van der Waals surface area contributed by atoms with Crippen molar-refractivity contribution in [2.24, 2.45) is 0 Å². The highest BCUT2D eigenvalue weighted by molar-refractivity contribution is 8.32. The van der Waals surface area contributed by atoms with Gasteiger partial charge in [-0.2, -0.15) is 4.68 Å². The Balaban J connectivity index is 2.42. The second-order valence-corrected chi connectivity index (χ2v) is 11.2. The predicted molar refractivity (Wildman–Crippen MR) is 84.2 cm³/mol. The minimum atomic E-state index is -0.528. The molecule has 0 saturated carbocycles. The minimum absolute atomic E-state index is 0.458. The Hall–Kier alpha value is -1.17. The molecule has 0 aromatic carbocycles. The normalized spacial score (nSPS) is 13.1. The van der Waals surface area contributed by atoms with Crippen LogP contribution in [0.2, 0.25) is 0 Å². The van der Waals surface area contributed by atoms with Crippen LogP contribution in [0, 0.1) is 0 Å². The molecule has 1 heterocycles. The molecule has 20 heavy (non-hydrogen) atoms.